The van der Waals surface area contributed by atoms with Gasteiger partial charge in [0.25, 0.3) is 0 Å². The number of nitrogens with two attached hydrogens (primary N) is 1. The highest BCUT2D eigenvalue weighted by molar-refractivity contribution is 5.92. The van der Waals surface area contributed by atoms with Gasteiger partial charge < -0.3 is 11.1 Å². The van der Waals surface area contributed by atoms with Crippen molar-refractivity contribution in [1.82, 2.24) is 0 Å². The zero-order valence-corrected chi connectivity index (χ0v) is 10.4. The summed E-state index contributed by atoms with van der Waals surface area (Å²) in [6.07, 6.45) is 0. The van der Waals surface area contributed by atoms with Gasteiger partial charge >= 0.3 is 0 Å². The summed E-state index contributed by atoms with van der Waals surface area (Å²) in [6.45, 7) is 7.94. The van der Waals surface area contributed by atoms with Crippen LogP contribution in [0.25, 0.3) is 0 Å². The zero-order chi connectivity index (χ0) is 12.3. The maximum Gasteiger partial charge on any atom is 0.227 e. The number of anilines is 2. The van der Waals surface area contributed by atoms with Gasteiger partial charge in [-0.15, -0.1) is 0 Å². The number of aryl methyl sites for hydroxylation is 1. The Labute approximate surface area is 97.0 Å². The number of benzene rings is 1. The van der Waals surface area contributed by atoms with Gasteiger partial charge in [0.2, 0.25) is 5.91 Å². The summed E-state index contributed by atoms with van der Waals surface area (Å²) >= 11 is 0. The molecule has 0 bridgehead atoms. The van der Waals surface area contributed by atoms with E-state index in [2.05, 4.69) is 5.32 Å². The number of nitrogens with one attached hydrogen (secondary N) is 1. The van der Waals surface area contributed by atoms with Crippen molar-refractivity contribution in [2.75, 3.05) is 11.1 Å². The van der Waals surface area contributed by atoms with Crippen molar-refractivity contribution in [3.05, 3.63) is 23.8 Å². The van der Waals surface area contributed by atoms with Crippen LogP contribution in [0.2, 0.25) is 0 Å². The molecule has 0 radical (unpaired) electrons. The van der Waals surface area contributed by atoms with Crippen LogP contribution in [-0.4, -0.2) is 5.91 Å². The fourth-order valence-corrected chi connectivity index (χ4v) is 1.28. The Balaban J connectivity index is 2.74. The lowest BCUT2D eigenvalue weighted by atomic mass is 9.97. The zero-order valence-electron chi connectivity index (χ0n) is 10.4. The average Bonchev–Trinajstić information content (AvgIpc) is 2.22. The molecule has 0 aromatic heterocycles. The van der Waals surface area contributed by atoms with E-state index in [1.54, 1.807) is 6.07 Å². The van der Waals surface area contributed by atoms with Crippen LogP contribution in [0.1, 0.15) is 26.3 Å². The molecule has 0 aliphatic heterocycles. The molecule has 0 spiro atoms. The van der Waals surface area contributed by atoms with E-state index in [1.165, 1.54) is 0 Å². The van der Waals surface area contributed by atoms with Crippen molar-refractivity contribution in [1.29, 1.82) is 0 Å². The van der Waals surface area contributed by atoms with Gasteiger partial charge in [0, 0.05) is 17.3 Å². The smallest absolute Gasteiger partial charge is 0.227 e. The number of carbonyl (C=O) groups excluding carboxylic acids is 1. The second kappa shape index (κ2) is 5.01. The number of hydrogen-bond acceptors (Lipinski definition) is 2. The molecule has 0 heterocycles. The molecule has 1 rings (SSSR count). The van der Waals surface area contributed by atoms with Gasteiger partial charge in [-0.05, 0) is 30.5 Å². The summed E-state index contributed by atoms with van der Waals surface area (Å²) in [5, 5.41) is 2.87. The standard InChI is InChI=1S/C13H20N2O/c1-8(2)10(4)13(16)15-11-6-5-9(3)12(14)7-11/h5-8,10H,14H2,1-4H3,(H,15,16). The highest BCUT2D eigenvalue weighted by atomic mass is 16.1. The summed E-state index contributed by atoms with van der Waals surface area (Å²) in [5.74, 6) is 0.378. The van der Waals surface area contributed by atoms with Gasteiger partial charge in [-0.2, -0.15) is 0 Å². The van der Waals surface area contributed by atoms with Crippen molar-refractivity contribution in [2.45, 2.75) is 27.7 Å². The first-order chi connectivity index (χ1) is 7.41. The van der Waals surface area contributed by atoms with E-state index in [9.17, 15) is 4.79 Å². The van der Waals surface area contributed by atoms with Crippen molar-refractivity contribution in [2.24, 2.45) is 11.8 Å². The molecule has 0 aliphatic carbocycles. The minimum absolute atomic E-state index is 0.00234. The Kier molecular flexibility index (Phi) is 3.93. The lowest BCUT2D eigenvalue weighted by Gasteiger charge is -2.15. The molecule has 16 heavy (non-hydrogen) atoms. The van der Waals surface area contributed by atoms with Crippen molar-refractivity contribution < 1.29 is 4.79 Å². The summed E-state index contributed by atoms with van der Waals surface area (Å²) in [6, 6.07) is 5.57. The number of hydrogen-bond donors (Lipinski definition) is 2. The first kappa shape index (κ1) is 12.6. The van der Waals surface area contributed by atoms with Crippen LogP contribution >= 0.6 is 0 Å². The first-order valence-electron chi connectivity index (χ1n) is 5.58. The van der Waals surface area contributed by atoms with E-state index in [0.717, 1.165) is 11.3 Å². The maximum absolute atomic E-state index is 11.8. The molecule has 1 aromatic rings. The van der Waals surface area contributed by atoms with E-state index in [-0.39, 0.29) is 11.8 Å². The third-order valence-electron chi connectivity index (χ3n) is 2.96. The first-order valence-corrected chi connectivity index (χ1v) is 5.58. The van der Waals surface area contributed by atoms with Gasteiger partial charge in [-0.25, -0.2) is 0 Å². The molecule has 1 unspecified atom stereocenters. The molecule has 3 heteroatoms. The number of nitrogen functional groups attached to an aromatic ring is 1. The van der Waals surface area contributed by atoms with E-state index >= 15 is 0 Å². The summed E-state index contributed by atoms with van der Waals surface area (Å²) in [7, 11) is 0. The van der Waals surface area contributed by atoms with E-state index < -0.39 is 0 Å². The minimum Gasteiger partial charge on any atom is -0.398 e. The van der Waals surface area contributed by atoms with Gasteiger partial charge in [0.05, 0.1) is 0 Å². The summed E-state index contributed by atoms with van der Waals surface area (Å²) in [4.78, 5) is 11.8. The molecule has 1 aromatic carbocycles. The van der Waals surface area contributed by atoms with Crippen molar-refractivity contribution in [3.63, 3.8) is 0 Å². The Hall–Kier alpha value is -1.51. The molecular formula is C13H20N2O. The SMILES string of the molecule is Cc1ccc(NC(=O)C(C)C(C)C)cc1N. The van der Waals surface area contributed by atoms with E-state index in [4.69, 9.17) is 5.73 Å². The molecule has 0 saturated carbocycles. The minimum atomic E-state index is 0.00234. The van der Waals surface area contributed by atoms with Crippen LogP contribution < -0.4 is 11.1 Å². The second-order valence-corrected chi connectivity index (χ2v) is 4.59. The Morgan fingerprint density at radius 2 is 1.94 bits per heavy atom. The van der Waals surface area contributed by atoms with Crippen LogP contribution in [-0.2, 0) is 4.79 Å². The number of amides is 1. The Morgan fingerprint density at radius 3 is 2.44 bits per heavy atom. The average molecular weight is 220 g/mol. The number of rotatable bonds is 3. The van der Waals surface area contributed by atoms with Gasteiger partial charge in [0.15, 0.2) is 0 Å². The lowest BCUT2D eigenvalue weighted by Crippen LogP contribution is -2.24. The van der Waals surface area contributed by atoms with Gasteiger partial charge in [-0.3, -0.25) is 4.79 Å². The largest absolute Gasteiger partial charge is 0.398 e. The van der Waals surface area contributed by atoms with Crippen molar-refractivity contribution in [3.8, 4) is 0 Å². The fourth-order valence-electron chi connectivity index (χ4n) is 1.28. The molecule has 88 valence electrons. The van der Waals surface area contributed by atoms with Crippen LogP contribution in [0.3, 0.4) is 0 Å². The van der Waals surface area contributed by atoms with Crippen LogP contribution in [0.5, 0.6) is 0 Å². The van der Waals surface area contributed by atoms with E-state index in [1.807, 2.05) is 39.8 Å². The van der Waals surface area contributed by atoms with Crippen molar-refractivity contribution >= 4 is 17.3 Å². The van der Waals surface area contributed by atoms with Gasteiger partial charge in [0.1, 0.15) is 0 Å². The van der Waals surface area contributed by atoms with Crippen LogP contribution in [0.4, 0.5) is 11.4 Å². The molecule has 1 atom stereocenters. The summed E-state index contributed by atoms with van der Waals surface area (Å²) in [5.41, 5.74) is 8.27. The Morgan fingerprint density at radius 1 is 1.31 bits per heavy atom. The lowest BCUT2D eigenvalue weighted by molar-refractivity contribution is -0.120. The molecule has 1 amide bonds. The highest BCUT2D eigenvalue weighted by Crippen LogP contribution is 2.19. The normalized spacial score (nSPS) is 12.6. The Bertz CT molecular complexity index is 386. The molecule has 0 saturated heterocycles. The van der Waals surface area contributed by atoms with Crippen LogP contribution in [0, 0.1) is 18.8 Å². The molecule has 0 aliphatic rings. The molecule has 0 fully saturated rings. The van der Waals surface area contributed by atoms with Gasteiger partial charge in [-0.1, -0.05) is 26.8 Å². The van der Waals surface area contributed by atoms with E-state index in [0.29, 0.717) is 11.6 Å². The quantitative estimate of drug-likeness (QED) is 0.769. The molecular weight excluding hydrogens is 200 g/mol. The molecule has 3 nitrogen and oxygen atoms in total. The predicted octanol–water partition coefficient (Wildman–Crippen LogP) is 2.81. The second-order valence-electron chi connectivity index (χ2n) is 4.59. The molecule has 3 N–H and O–H groups in total. The fraction of sp³-hybridized carbons (Fsp3) is 0.462. The third-order valence-corrected chi connectivity index (χ3v) is 2.96. The van der Waals surface area contributed by atoms with Crippen LogP contribution in [0.15, 0.2) is 18.2 Å². The monoisotopic (exact) mass is 220 g/mol. The highest BCUT2D eigenvalue weighted by Gasteiger charge is 2.16. The summed E-state index contributed by atoms with van der Waals surface area (Å²) < 4.78 is 0. The topological polar surface area (TPSA) is 55.1 Å². The maximum atomic E-state index is 11.8. The predicted molar refractivity (Wildman–Crippen MR) is 68.2 cm³/mol. The number of carbonyl (C=O) groups is 1. The third kappa shape index (κ3) is 2.99.